The highest BCUT2D eigenvalue weighted by Gasteiger charge is 2.16. The molecule has 0 amide bonds. The Labute approximate surface area is 146 Å². The molecule has 2 nitrogen and oxygen atoms in total. The van der Waals surface area contributed by atoms with Gasteiger partial charge in [-0.05, 0) is 47.7 Å². The lowest BCUT2D eigenvalue weighted by atomic mass is 9.95. The zero-order chi connectivity index (χ0) is 16.2. The van der Waals surface area contributed by atoms with Crippen LogP contribution in [0.15, 0.2) is 42.5 Å². The van der Waals surface area contributed by atoms with E-state index in [9.17, 15) is 4.79 Å². The minimum Gasteiger partial charge on any atom is -0.316 e. The van der Waals surface area contributed by atoms with Crippen LogP contribution in [-0.2, 0) is 17.6 Å². The molecule has 1 atom stereocenters. The molecule has 1 N–H and O–H groups in total. The van der Waals surface area contributed by atoms with E-state index in [4.69, 9.17) is 23.2 Å². The van der Waals surface area contributed by atoms with Crippen molar-refractivity contribution >= 4 is 29.0 Å². The third-order valence-electron chi connectivity index (χ3n) is 4.32. The Hall–Kier alpha value is -1.35. The summed E-state index contributed by atoms with van der Waals surface area (Å²) in [7, 11) is 0. The number of hydrogen-bond donors (Lipinski definition) is 1. The fourth-order valence-electron chi connectivity index (χ4n) is 3.01. The van der Waals surface area contributed by atoms with E-state index in [1.54, 1.807) is 12.1 Å². The predicted molar refractivity (Wildman–Crippen MR) is 95.5 cm³/mol. The van der Waals surface area contributed by atoms with Gasteiger partial charge in [-0.2, -0.15) is 0 Å². The monoisotopic (exact) mass is 347 g/mol. The van der Waals surface area contributed by atoms with Crippen molar-refractivity contribution in [3.05, 3.63) is 69.2 Å². The summed E-state index contributed by atoms with van der Waals surface area (Å²) in [6, 6.07) is 13.7. The number of benzene rings is 2. The molecule has 3 rings (SSSR count). The Bertz CT molecular complexity index is 691. The van der Waals surface area contributed by atoms with Crippen LogP contribution in [0.25, 0.3) is 0 Å². The van der Waals surface area contributed by atoms with Crippen molar-refractivity contribution in [3.8, 4) is 0 Å². The Morgan fingerprint density at radius 1 is 1.09 bits per heavy atom. The maximum atomic E-state index is 12.3. The molecule has 1 aliphatic heterocycles. The normalized spacial score (nSPS) is 17.4. The SMILES string of the molecule is O=C(Cc1ccc(C2CCNC2)cc1)Cc1ccc(Cl)cc1Cl. The van der Waals surface area contributed by atoms with Crippen molar-refractivity contribution in [2.75, 3.05) is 13.1 Å². The Morgan fingerprint density at radius 3 is 2.52 bits per heavy atom. The second kappa shape index (κ2) is 7.48. The summed E-state index contributed by atoms with van der Waals surface area (Å²) in [4.78, 5) is 12.3. The summed E-state index contributed by atoms with van der Waals surface area (Å²) in [5.41, 5.74) is 3.23. The van der Waals surface area contributed by atoms with Crippen molar-refractivity contribution in [3.63, 3.8) is 0 Å². The van der Waals surface area contributed by atoms with Crippen molar-refractivity contribution in [2.45, 2.75) is 25.2 Å². The average molecular weight is 348 g/mol. The summed E-state index contributed by atoms with van der Waals surface area (Å²) in [5, 5.41) is 4.52. The van der Waals surface area contributed by atoms with Crippen molar-refractivity contribution < 1.29 is 4.79 Å². The first-order chi connectivity index (χ1) is 11.1. The van der Waals surface area contributed by atoms with Crippen LogP contribution in [0.4, 0.5) is 0 Å². The molecule has 1 heterocycles. The van der Waals surface area contributed by atoms with Crippen LogP contribution in [0.5, 0.6) is 0 Å². The summed E-state index contributed by atoms with van der Waals surface area (Å²) in [6.07, 6.45) is 1.96. The number of carbonyl (C=O) groups excluding carboxylic acids is 1. The average Bonchev–Trinajstić information content (AvgIpc) is 3.05. The number of halogens is 2. The second-order valence-corrected chi connectivity index (χ2v) is 6.90. The molecule has 23 heavy (non-hydrogen) atoms. The Kier molecular flexibility index (Phi) is 5.37. The standard InChI is InChI=1S/C19H19Cl2NO/c20-17-6-5-15(19(21)11-17)10-18(23)9-13-1-3-14(4-2-13)16-7-8-22-12-16/h1-6,11,16,22H,7-10,12H2. The van der Waals surface area contributed by atoms with Gasteiger partial charge in [-0.3, -0.25) is 4.79 Å². The van der Waals surface area contributed by atoms with Crippen molar-refractivity contribution in [1.82, 2.24) is 5.32 Å². The first kappa shape index (κ1) is 16.5. The van der Waals surface area contributed by atoms with Gasteiger partial charge in [0.2, 0.25) is 0 Å². The van der Waals surface area contributed by atoms with Gasteiger partial charge in [-0.15, -0.1) is 0 Å². The van der Waals surface area contributed by atoms with E-state index in [1.807, 2.05) is 6.07 Å². The quantitative estimate of drug-likeness (QED) is 0.866. The minimum atomic E-state index is 0.157. The van der Waals surface area contributed by atoms with E-state index in [2.05, 4.69) is 29.6 Å². The summed E-state index contributed by atoms with van der Waals surface area (Å²) >= 11 is 12.0. The van der Waals surface area contributed by atoms with Crippen LogP contribution in [0.3, 0.4) is 0 Å². The number of Topliss-reactive ketones (excluding diaryl/α,β-unsaturated/α-hetero) is 1. The maximum Gasteiger partial charge on any atom is 0.141 e. The molecule has 2 aromatic rings. The minimum absolute atomic E-state index is 0.157. The van der Waals surface area contributed by atoms with E-state index in [0.717, 1.165) is 24.2 Å². The number of carbonyl (C=O) groups is 1. The van der Waals surface area contributed by atoms with E-state index in [1.165, 1.54) is 12.0 Å². The van der Waals surface area contributed by atoms with Gasteiger partial charge in [0.1, 0.15) is 5.78 Å². The predicted octanol–water partition coefficient (Wildman–Crippen LogP) is 4.42. The summed E-state index contributed by atoms with van der Waals surface area (Å²) in [6.45, 7) is 2.14. The molecule has 120 valence electrons. The van der Waals surface area contributed by atoms with Crippen LogP contribution in [-0.4, -0.2) is 18.9 Å². The molecule has 0 radical (unpaired) electrons. The lowest BCUT2D eigenvalue weighted by molar-refractivity contribution is -0.117. The smallest absolute Gasteiger partial charge is 0.141 e. The number of rotatable bonds is 5. The van der Waals surface area contributed by atoms with Crippen molar-refractivity contribution in [2.24, 2.45) is 0 Å². The highest BCUT2D eigenvalue weighted by molar-refractivity contribution is 6.35. The van der Waals surface area contributed by atoms with Gasteiger partial charge >= 0.3 is 0 Å². The van der Waals surface area contributed by atoms with Gasteiger partial charge in [0.25, 0.3) is 0 Å². The van der Waals surface area contributed by atoms with Gasteiger partial charge in [-0.1, -0.05) is 53.5 Å². The fraction of sp³-hybridized carbons (Fsp3) is 0.316. The lowest BCUT2D eigenvalue weighted by Gasteiger charge is -2.10. The molecule has 0 saturated carbocycles. The molecule has 1 fully saturated rings. The number of nitrogens with one attached hydrogen (secondary N) is 1. The topological polar surface area (TPSA) is 29.1 Å². The summed E-state index contributed by atoms with van der Waals surface area (Å²) in [5.74, 6) is 0.761. The van der Waals surface area contributed by atoms with E-state index in [-0.39, 0.29) is 5.78 Å². The fourth-order valence-corrected chi connectivity index (χ4v) is 3.49. The highest BCUT2D eigenvalue weighted by Crippen LogP contribution is 2.24. The molecule has 0 aromatic heterocycles. The molecule has 0 spiro atoms. The van der Waals surface area contributed by atoms with Crippen LogP contribution in [0, 0.1) is 0 Å². The van der Waals surface area contributed by atoms with Gasteiger partial charge in [0, 0.05) is 29.4 Å². The van der Waals surface area contributed by atoms with E-state index < -0.39 is 0 Å². The zero-order valence-electron chi connectivity index (χ0n) is 12.8. The van der Waals surface area contributed by atoms with Gasteiger partial charge in [0.15, 0.2) is 0 Å². The van der Waals surface area contributed by atoms with Crippen LogP contribution in [0.2, 0.25) is 10.0 Å². The van der Waals surface area contributed by atoms with Crippen LogP contribution >= 0.6 is 23.2 Å². The molecule has 0 bridgehead atoms. The van der Waals surface area contributed by atoms with Gasteiger partial charge < -0.3 is 5.32 Å². The van der Waals surface area contributed by atoms with E-state index >= 15 is 0 Å². The molecular formula is C19H19Cl2NO. The zero-order valence-corrected chi connectivity index (χ0v) is 14.3. The third-order valence-corrected chi connectivity index (χ3v) is 4.90. The van der Waals surface area contributed by atoms with E-state index in [0.29, 0.717) is 28.8 Å². The van der Waals surface area contributed by atoms with Crippen LogP contribution < -0.4 is 5.32 Å². The highest BCUT2D eigenvalue weighted by atomic mass is 35.5. The first-order valence-corrected chi connectivity index (χ1v) is 8.62. The Balaban J connectivity index is 1.61. The van der Waals surface area contributed by atoms with Gasteiger partial charge in [0.05, 0.1) is 0 Å². The third kappa shape index (κ3) is 4.35. The lowest BCUT2D eigenvalue weighted by Crippen LogP contribution is -2.09. The molecule has 1 saturated heterocycles. The second-order valence-electron chi connectivity index (χ2n) is 6.06. The summed E-state index contributed by atoms with van der Waals surface area (Å²) < 4.78 is 0. The molecule has 1 unspecified atom stereocenters. The first-order valence-electron chi connectivity index (χ1n) is 7.87. The molecule has 0 aliphatic carbocycles. The largest absolute Gasteiger partial charge is 0.316 e. The van der Waals surface area contributed by atoms with Crippen molar-refractivity contribution in [1.29, 1.82) is 0 Å². The molecule has 1 aliphatic rings. The van der Waals surface area contributed by atoms with Gasteiger partial charge in [-0.25, -0.2) is 0 Å². The number of hydrogen-bond acceptors (Lipinski definition) is 2. The molecule has 4 heteroatoms. The molecule has 2 aromatic carbocycles. The Morgan fingerprint density at radius 2 is 1.87 bits per heavy atom. The van der Waals surface area contributed by atoms with Crippen LogP contribution in [0.1, 0.15) is 29.0 Å². The molecular weight excluding hydrogens is 329 g/mol. The number of ketones is 1. The maximum absolute atomic E-state index is 12.3.